The van der Waals surface area contributed by atoms with E-state index in [9.17, 15) is 4.79 Å². The number of fused-ring (bicyclic) bond motifs is 2. The van der Waals surface area contributed by atoms with Gasteiger partial charge < -0.3 is 10.2 Å². The Kier molecular flexibility index (Phi) is 6.46. The van der Waals surface area contributed by atoms with E-state index in [2.05, 4.69) is 45.9 Å². The smallest absolute Gasteiger partial charge is 0.225 e. The molecule has 0 saturated carbocycles. The summed E-state index contributed by atoms with van der Waals surface area (Å²) in [4.78, 5) is 26.2. The summed E-state index contributed by atoms with van der Waals surface area (Å²) in [6.45, 7) is 9.66. The number of amides is 1. The van der Waals surface area contributed by atoms with Gasteiger partial charge in [0.25, 0.3) is 0 Å². The number of anilines is 1. The summed E-state index contributed by atoms with van der Waals surface area (Å²) in [5.41, 5.74) is 0.884. The number of nitrogens with one attached hydrogen (secondary N) is 1. The maximum Gasteiger partial charge on any atom is 0.225 e. The molecule has 2 saturated heterocycles. The first-order valence-electron chi connectivity index (χ1n) is 10.2. The van der Waals surface area contributed by atoms with E-state index in [1.807, 2.05) is 12.4 Å². The summed E-state index contributed by atoms with van der Waals surface area (Å²) < 4.78 is 0. The number of hydrogen-bond donors (Lipinski definition) is 1. The first kappa shape index (κ1) is 19.1. The molecule has 146 valence electrons. The average molecular weight is 362 g/mol. The molecule has 2 bridgehead atoms. The highest BCUT2D eigenvalue weighted by molar-refractivity contribution is 5.78. The molecule has 3 heterocycles. The van der Waals surface area contributed by atoms with Crippen molar-refractivity contribution in [2.45, 2.75) is 77.4 Å². The number of carbonyl (C=O) groups is 1. The summed E-state index contributed by atoms with van der Waals surface area (Å²) in [7, 11) is 0. The molecular weight excluding hydrogens is 326 g/mol. The molecule has 0 aliphatic carbocycles. The number of hydrogen-bond acceptors (Lipinski definition) is 5. The van der Waals surface area contributed by atoms with Crippen molar-refractivity contribution in [3.05, 3.63) is 18.0 Å². The summed E-state index contributed by atoms with van der Waals surface area (Å²) in [5, 5.41) is 2.97. The number of rotatable bonds is 8. The molecule has 1 aromatic heterocycles. The maximum atomic E-state index is 12.0. The Balaban J connectivity index is 0.00000261. The molecule has 2 fully saturated rings. The second-order valence-electron chi connectivity index (χ2n) is 7.97. The van der Waals surface area contributed by atoms with Gasteiger partial charge in [0.05, 0.1) is 6.42 Å². The Labute approximate surface area is 158 Å². The third-order valence-electron chi connectivity index (χ3n) is 5.63. The molecule has 2 unspecified atom stereocenters. The van der Waals surface area contributed by atoms with E-state index in [0.29, 0.717) is 24.5 Å². The Morgan fingerprint density at radius 3 is 2.46 bits per heavy atom. The standard InChI is InChI=1S/C20H33N5O.H2/c1-4-5-6-9-21-19(26)10-16-11-22-20(23-12-16)25-17-7-8-18(25)14-24(13-17)15(2)3;/h11-12,15,17-18H,4-10,13-14H2,1-3H3,(H,21,26);1H. The predicted octanol–water partition coefficient (Wildman–Crippen LogP) is 2.63. The van der Waals surface area contributed by atoms with Crippen molar-refractivity contribution in [3.8, 4) is 0 Å². The number of carbonyl (C=O) groups excluding carboxylic acids is 1. The van der Waals surface area contributed by atoms with Gasteiger partial charge in [0, 0.05) is 51.6 Å². The van der Waals surface area contributed by atoms with Crippen molar-refractivity contribution in [2.75, 3.05) is 24.5 Å². The van der Waals surface area contributed by atoms with Crippen molar-refractivity contribution in [1.29, 1.82) is 0 Å². The van der Waals surface area contributed by atoms with Gasteiger partial charge in [-0.05, 0) is 38.7 Å². The largest absolute Gasteiger partial charge is 0.356 e. The minimum absolute atomic E-state index is 0. The maximum absolute atomic E-state index is 12.0. The van der Waals surface area contributed by atoms with Crippen LogP contribution in [0.1, 0.15) is 59.9 Å². The third-order valence-corrected chi connectivity index (χ3v) is 5.63. The van der Waals surface area contributed by atoms with Crippen LogP contribution in [0.4, 0.5) is 5.95 Å². The monoisotopic (exact) mass is 361 g/mol. The molecule has 2 atom stereocenters. The zero-order valence-corrected chi connectivity index (χ0v) is 16.4. The summed E-state index contributed by atoms with van der Waals surface area (Å²) in [6.07, 6.45) is 9.81. The molecule has 6 heteroatoms. The van der Waals surface area contributed by atoms with Crippen molar-refractivity contribution < 1.29 is 6.22 Å². The fourth-order valence-corrected chi connectivity index (χ4v) is 4.11. The lowest BCUT2D eigenvalue weighted by atomic mass is 10.1. The van der Waals surface area contributed by atoms with Crippen LogP contribution in [0, 0.1) is 0 Å². The van der Waals surface area contributed by atoms with Crippen LogP contribution in [0.2, 0.25) is 0 Å². The summed E-state index contributed by atoms with van der Waals surface area (Å²) in [5.74, 6) is 0.885. The van der Waals surface area contributed by atoms with Gasteiger partial charge in [0.2, 0.25) is 11.9 Å². The average Bonchev–Trinajstić information content (AvgIpc) is 2.88. The van der Waals surface area contributed by atoms with Gasteiger partial charge >= 0.3 is 0 Å². The second kappa shape index (κ2) is 8.80. The van der Waals surface area contributed by atoms with Crippen LogP contribution < -0.4 is 10.2 Å². The molecule has 1 amide bonds. The first-order chi connectivity index (χ1) is 12.6. The number of piperazine rings is 1. The number of nitrogens with zero attached hydrogens (tertiary/aromatic N) is 4. The van der Waals surface area contributed by atoms with Crippen LogP contribution in [0.3, 0.4) is 0 Å². The number of likely N-dealkylation sites (tertiary alicyclic amines) is 1. The fourth-order valence-electron chi connectivity index (χ4n) is 4.11. The highest BCUT2D eigenvalue weighted by Gasteiger charge is 2.41. The lowest BCUT2D eigenvalue weighted by molar-refractivity contribution is -0.120. The summed E-state index contributed by atoms with van der Waals surface area (Å²) >= 11 is 0. The Morgan fingerprint density at radius 2 is 1.88 bits per heavy atom. The Hall–Kier alpha value is -1.69. The van der Waals surface area contributed by atoms with Gasteiger partial charge in [-0.1, -0.05) is 19.8 Å². The topological polar surface area (TPSA) is 61.4 Å². The molecule has 0 aromatic carbocycles. The van der Waals surface area contributed by atoms with E-state index in [0.717, 1.165) is 44.0 Å². The van der Waals surface area contributed by atoms with Gasteiger partial charge in [-0.25, -0.2) is 9.97 Å². The molecule has 0 radical (unpaired) electrons. The van der Waals surface area contributed by atoms with Gasteiger partial charge in [-0.2, -0.15) is 0 Å². The van der Waals surface area contributed by atoms with Gasteiger partial charge in [0.1, 0.15) is 0 Å². The highest BCUT2D eigenvalue weighted by Crippen LogP contribution is 2.33. The molecular formula is C20H35N5O. The zero-order chi connectivity index (χ0) is 18.5. The van der Waals surface area contributed by atoms with Crippen LogP contribution in [0.5, 0.6) is 0 Å². The van der Waals surface area contributed by atoms with E-state index in [4.69, 9.17) is 0 Å². The van der Waals surface area contributed by atoms with E-state index in [-0.39, 0.29) is 7.33 Å². The highest BCUT2D eigenvalue weighted by atomic mass is 16.1. The molecule has 3 rings (SSSR count). The van der Waals surface area contributed by atoms with Crippen molar-refractivity contribution in [1.82, 2.24) is 20.2 Å². The van der Waals surface area contributed by atoms with Crippen molar-refractivity contribution in [2.24, 2.45) is 0 Å². The summed E-state index contributed by atoms with van der Waals surface area (Å²) in [6, 6.07) is 1.63. The predicted molar refractivity (Wildman–Crippen MR) is 106 cm³/mol. The SMILES string of the molecule is CCCCCNC(=O)Cc1cnc(N2C3CCC2CN(C(C)C)C3)nc1.[HH]. The van der Waals surface area contributed by atoms with Crippen LogP contribution in [0.15, 0.2) is 12.4 Å². The van der Waals surface area contributed by atoms with Crippen LogP contribution in [-0.4, -0.2) is 58.5 Å². The normalized spacial score (nSPS) is 22.8. The minimum atomic E-state index is 0. The number of aromatic nitrogens is 2. The van der Waals surface area contributed by atoms with Gasteiger partial charge in [-0.3, -0.25) is 9.69 Å². The minimum Gasteiger partial charge on any atom is -0.356 e. The molecule has 0 spiro atoms. The van der Waals surface area contributed by atoms with E-state index in [1.165, 1.54) is 19.3 Å². The van der Waals surface area contributed by atoms with E-state index in [1.54, 1.807) is 0 Å². The quantitative estimate of drug-likeness (QED) is 0.721. The molecule has 26 heavy (non-hydrogen) atoms. The van der Waals surface area contributed by atoms with Crippen molar-refractivity contribution in [3.63, 3.8) is 0 Å². The van der Waals surface area contributed by atoms with Crippen molar-refractivity contribution >= 4 is 11.9 Å². The van der Waals surface area contributed by atoms with Gasteiger partial charge in [0.15, 0.2) is 0 Å². The third kappa shape index (κ3) is 4.53. The molecule has 1 N–H and O–H groups in total. The van der Waals surface area contributed by atoms with Crippen LogP contribution in [0.25, 0.3) is 0 Å². The number of unbranched alkanes of at least 4 members (excludes halogenated alkanes) is 2. The lowest BCUT2D eigenvalue weighted by Crippen LogP contribution is -2.56. The molecule has 6 nitrogen and oxygen atoms in total. The Bertz CT molecular complexity index is 581. The fraction of sp³-hybridized carbons (Fsp3) is 0.750. The van der Waals surface area contributed by atoms with Crippen LogP contribution >= 0.6 is 0 Å². The van der Waals surface area contributed by atoms with Crippen LogP contribution in [-0.2, 0) is 11.2 Å². The second-order valence-corrected chi connectivity index (χ2v) is 7.97. The molecule has 1 aromatic rings. The zero-order valence-electron chi connectivity index (χ0n) is 16.4. The van der Waals surface area contributed by atoms with E-state index < -0.39 is 0 Å². The molecule has 2 aliphatic rings. The molecule has 2 aliphatic heterocycles. The Morgan fingerprint density at radius 1 is 1.23 bits per heavy atom. The first-order valence-corrected chi connectivity index (χ1v) is 10.2. The lowest BCUT2D eigenvalue weighted by Gasteiger charge is -2.42. The van der Waals surface area contributed by atoms with E-state index >= 15 is 0 Å². The van der Waals surface area contributed by atoms with Gasteiger partial charge in [-0.15, -0.1) is 0 Å².